The first-order valence-electron chi connectivity index (χ1n) is 3.80. The highest BCUT2D eigenvalue weighted by Gasteiger charge is 2.27. The van der Waals surface area contributed by atoms with Gasteiger partial charge in [-0.1, -0.05) is 0 Å². The largest absolute Gasteiger partial charge is 1.00 e. The van der Waals surface area contributed by atoms with Crippen molar-refractivity contribution in [1.29, 1.82) is 0 Å². The molecule has 0 radical (unpaired) electrons. The standard InChI is InChI=1S/C8H17OS.HI/c1-4-10(2,3)8-6-5-7-9-8;/h4,8H,5-7H2,1-3H3;1H/q+1;/p-1. The predicted octanol–water partition coefficient (Wildman–Crippen LogP) is -1.64. The van der Waals surface area contributed by atoms with E-state index in [4.69, 9.17) is 4.74 Å². The maximum absolute atomic E-state index is 5.61. The van der Waals surface area contributed by atoms with E-state index in [-0.39, 0.29) is 24.0 Å². The molecule has 1 aliphatic rings. The van der Waals surface area contributed by atoms with Gasteiger partial charge in [-0.15, -0.1) is 9.62 Å². The molecule has 0 spiro atoms. The molecule has 1 saturated heterocycles. The Morgan fingerprint density at radius 3 is 2.45 bits per heavy atom. The highest BCUT2D eigenvalue weighted by atomic mass is 127. The maximum Gasteiger partial charge on any atom is 0.184 e. The van der Waals surface area contributed by atoms with E-state index in [0.717, 1.165) is 6.61 Å². The Hall–Kier alpha value is 0.910. The van der Waals surface area contributed by atoms with Crippen LogP contribution in [0.15, 0.2) is 0 Å². The molecule has 1 nitrogen and oxygen atoms in total. The van der Waals surface area contributed by atoms with Gasteiger partial charge in [0.25, 0.3) is 0 Å². The second kappa shape index (κ2) is 4.82. The first-order chi connectivity index (χ1) is 4.67. The van der Waals surface area contributed by atoms with Crippen molar-refractivity contribution in [3.63, 3.8) is 0 Å². The van der Waals surface area contributed by atoms with Crippen LogP contribution in [-0.4, -0.2) is 29.9 Å². The van der Waals surface area contributed by atoms with Crippen molar-refractivity contribution in [2.75, 3.05) is 19.1 Å². The number of hydrogen-bond donors (Lipinski definition) is 0. The third-order valence-electron chi connectivity index (χ3n) is 2.17. The van der Waals surface area contributed by atoms with Crippen LogP contribution in [0.3, 0.4) is 0 Å². The third-order valence-corrected chi connectivity index (χ3v) is 5.11. The minimum absolute atomic E-state index is 0. The fourth-order valence-electron chi connectivity index (χ4n) is 1.18. The average Bonchev–Trinajstić information content (AvgIpc) is 2.38. The lowest BCUT2D eigenvalue weighted by Gasteiger charge is -2.16. The van der Waals surface area contributed by atoms with Gasteiger partial charge in [0.2, 0.25) is 0 Å². The minimum Gasteiger partial charge on any atom is -1.00 e. The van der Waals surface area contributed by atoms with Gasteiger partial charge in [-0.2, -0.15) is 0 Å². The van der Waals surface area contributed by atoms with Gasteiger partial charge >= 0.3 is 0 Å². The molecule has 1 aliphatic heterocycles. The molecule has 0 N–H and O–H groups in total. The molecule has 0 aromatic rings. The summed E-state index contributed by atoms with van der Waals surface area (Å²) >= 11 is 0. The van der Waals surface area contributed by atoms with E-state index in [9.17, 15) is 0 Å². The SMILES string of the molecule is CC=[S+](C)(C)C1CCCO1.[I-]. The molecular weight excluding hydrogens is 271 g/mol. The molecule has 0 aromatic carbocycles. The molecule has 3 heteroatoms. The Morgan fingerprint density at radius 1 is 1.45 bits per heavy atom. The van der Waals surface area contributed by atoms with Crippen molar-refractivity contribution < 1.29 is 28.7 Å². The van der Waals surface area contributed by atoms with Crippen LogP contribution < -0.4 is 24.0 Å². The van der Waals surface area contributed by atoms with Gasteiger partial charge < -0.3 is 28.7 Å². The first-order valence-corrected chi connectivity index (χ1v) is 6.37. The molecule has 1 rings (SSSR count). The molecular formula is C8H17IOS. The summed E-state index contributed by atoms with van der Waals surface area (Å²) < 4.78 is 5.61. The number of halogens is 1. The van der Waals surface area contributed by atoms with Crippen LogP contribution in [-0.2, 0) is 14.4 Å². The van der Waals surface area contributed by atoms with E-state index < -0.39 is 9.62 Å². The third kappa shape index (κ3) is 3.03. The van der Waals surface area contributed by atoms with Crippen LogP contribution >= 0.6 is 0 Å². The van der Waals surface area contributed by atoms with Gasteiger partial charge in [-0.3, -0.25) is 0 Å². The summed E-state index contributed by atoms with van der Waals surface area (Å²) in [6.45, 7) is 3.13. The quantitative estimate of drug-likeness (QED) is 0.320. The summed E-state index contributed by atoms with van der Waals surface area (Å²) in [6, 6.07) is 0. The predicted molar refractivity (Wildman–Crippen MR) is 49.9 cm³/mol. The summed E-state index contributed by atoms with van der Waals surface area (Å²) in [6.07, 6.45) is 7.17. The van der Waals surface area contributed by atoms with Gasteiger partial charge in [0.05, 0.1) is 24.5 Å². The molecule has 0 bridgehead atoms. The zero-order chi connectivity index (χ0) is 7.61. The lowest BCUT2D eigenvalue weighted by molar-refractivity contribution is -0.00000288. The lowest BCUT2D eigenvalue weighted by Crippen LogP contribution is -3.00. The normalized spacial score (nSPS) is 24.5. The van der Waals surface area contributed by atoms with E-state index in [1.54, 1.807) is 0 Å². The molecule has 1 fully saturated rings. The molecule has 1 atom stereocenters. The fourth-order valence-corrected chi connectivity index (χ4v) is 2.70. The van der Waals surface area contributed by atoms with Gasteiger partial charge in [0.15, 0.2) is 5.44 Å². The van der Waals surface area contributed by atoms with Crippen molar-refractivity contribution in [3.8, 4) is 0 Å². The van der Waals surface area contributed by atoms with Crippen molar-refractivity contribution >= 4 is 15.0 Å². The topological polar surface area (TPSA) is 9.23 Å². The summed E-state index contributed by atoms with van der Waals surface area (Å²) in [7, 11) is -0.545. The number of ether oxygens (including phenoxy) is 1. The maximum atomic E-state index is 5.61. The monoisotopic (exact) mass is 288 g/mol. The first kappa shape index (κ1) is 11.9. The highest BCUT2D eigenvalue weighted by Crippen LogP contribution is 2.20. The molecule has 0 aliphatic carbocycles. The molecule has 11 heavy (non-hydrogen) atoms. The highest BCUT2D eigenvalue weighted by molar-refractivity contribution is 8.11. The Labute approximate surface area is 87.8 Å². The van der Waals surface area contributed by atoms with Crippen LogP contribution in [0.2, 0.25) is 0 Å². The molecule has 68 valence electrons. The van der Waals surface area contributed by atoms with E-state index in [2.05, 4.69) is 24.8 Å². The van der Waals surface area contributed by atoms with Crippen LogP contribution in [0.4, 0.5) is 0 Å². The summed E-state index contributed by atoms with van der Waals surface area (Å²) in [5.41, 5.74) is 0.553. The Bertz CT molecular complexity index is 155. The van der Waals surface area contributed by atoms with Gasteiger partial charge in [0, 0.05) is 6.42 Å². The Balaban J connectivity index is 0.000001000. The smallest absolute Gasteiger partial charge is 0.184 e. The average molecular weight is 288 g/mol. The number of rotatable bonds is 1. The van der Waals surface area contributed by atoms with E-state index >= 15 is 0 Å². The molecule has 0 aromatic heterocycles. The van der Waals surface area contributed by atoms with E-state index in [1.165, 1.54) is 12.8 Å². The Kier molecular flexibility index (Phi) is 5.22. The molecule has 1 unspecified atom stereocenters. The Morgan fingerprint density at radius 2 is 2.09 bits per heavy atom. The van der Waals surface area contributed by atoms with Gasteiger partial charge in [-0.25, -0.2) is 0 Å². The molecule has 0 saturated carbocycles. The zero-order valence-electron chi connectivity index (χ0n) is 7.47. The summed E-state index contributed by atoms with van der Waals surface area (Å²) in [4.78, 5) is 0. The van der Waals surface area contributed by atoms with E-state index in [1.807, 2.05) is 0 Å². The molecule has 0 amide bonds. The second-order valence-electron chi connectivity index (χ2n) is 3.17. The van der Waals surface area contributed by atoms with Crippen molar-refractivity contribution in [3.05, 3.63) is 0 Å². The molecule has 1 heterocycles. The van der Waals surface area contributed by atoms with Gasteiger partial charge in [-0.05, 0) is 13.3 Å². The number of hydrogen-bond acceptors (Lipinski definition) is 1. The van der Waals surface area contributed by atoms with Crippen LogP contribution in [0, 0.1) is 0 Å². The fraction of sp³-hybridized carbons (Fsp3) is 0.875. The van der Waals surface area contributed by atoms with Crippen LogP contribution in [0.1, 0.15) is 19.8 Å². The minimum atomic E-state index is -0.545. The van der Waals surface area contributed by atoms with Crippen molar-refractivity contribution in [2.45, 2.75) is 25.2 Å². The van der Waals surface area contributed by atoms with Crippen molar-refractivity contribution in [1.82, 2.24) is 0 Å². The summed E-state index contributed by atoms with van der Waals surface area (Å²) in [5, 5.41) is 2.32. The lowest BCUT2D eigenvalue weighted by atomic mass is 10.4. The summed E-state index contributed by atoms with van der Waals surface area (Å²) in [5.74, 6) is 0. The van der Waals surface area contributed by atoms with Crippen LogP contribution in [0.25, 0.3) is 0 Å². The van der Waals surface area contributed by atoms with Crippen LogP contribution in [0.5, 0.6) is 0 Å². The van der Waals surface area contributed by atoms with Crippen molar-refractivity contribution in [2.24, 2.45) is 0 Å². The zero-order valence-corrected chi connectivity index (χ0v) is 10.4. The second-order valence-corrected chi connectivity index (χ2v) is 7.14. The van der Waals surface area contributed by atoms with Gasteiger partial charge in [0.1, 0.15) is 0 Å². The van der Waals surface area contributed by atoms with E-state index in [0.29, 0.717) is 5.44 Å².